The molecule has 0 radical (unpaired) electrons. The zero-order chi connectivity index (χ0) is 28.6. The van der Waals surface area contributed by atoms with E-state index in [4.69, 9.17) is 16.3 Å². The summed E-state index contributed by atoms with van der Waals surface area (Å²) in [4.78, 5) is 28.2. The van der Waals surface area contributed by atoms with Crippen molar-refractivity contribution in [2.45, 2.75) is 44.2 Å². The first kappa shape index (κ1) is 30.0. The number of amides is 2. The Morgan fingerprint density at radius 1 is 0.949 bits per heavy atom. The van der Waals surface area contributed by atoms with Gasteiger partial charge in [0.05, 0.1) is 17.7 Å². The predicted octanol–water partition coefficient (Wildman–Crippen LogP) is 4.53. The van der Waals surface area contributed by atoms with Crippen LogP contribution in [0.4, 0.5) is 5.69 Å². The van der Waals surface area contributed by atoms with Crippen molar-refractivity contribution in [2.24, 2.45) is 0 Å². The van der Waals surface area contributed by atoms with Gasteiger partial charge >= 0.3 is 0 Å². The Morgan fingerprint density at radius 3 is 2.21 bits per heavy atom. The fourth-order valence-corrected chi connectivity index (χ4v) is 5.60. The third-order valence-corrected chi connectivity index (χ3v) is 8.13. The van der Waals surface area contributed by atoms with Crippen molar-refractivity contribution in [1.29, 1.82) is 0 Å². The Balaban J connectivity index is 1.98. The number of benzene rings is 3. The predicted molar refractivity (Wildman–Crippen MR) is 154 cm³/mol. The van der Waals surface area contributed by atoms with Crippen molar-refractivity contribution < 1.29 is 22.7 Å². The van der Waals surface area contributed by atoms with Crippen LogP contribution < -0.4 is 14.4 Å². The molecule has 0 aliphatic heterocycles. The van der Waals surface area contributed by atoms with Crippen LogP contribution in [0, 0.1) is 0 Å². The lowest BCUT2D eigenvalue weighted by Crippen LogP contribution is -2.53. The van der Waals surface area contributed by atoms with Crippen LogP contribution in [-0.2, 0) is 26.0 Å². The molecule has 8 nitrogen and oxygen atoms in total. The van der Waals surface area contributed by atoms with E-state index < -0.39 is 28.5 Å². The van der Waals surface area contributed by atoms with E-state index in [1.165, 1.54) is 42.3 Å². The summed E-state index contributed by atoms with van der Waals surface area (Å²) < 4.78 is 33.8. The first-order valence-corrected chi connectivity index (χ1v) is 14.4. The van der Waals surface area contributed by atoms with Gasteiger partial charge in [-0.1, -0.05) is 48.0 Å². The minimum atomic E-state index is -4.19. The minimum absolute atomic E-state index is 0.0162. The van der Waals surface area contributed by atoms with Crippen LogP contribution in [0.1, 0.15) is 26.3 Å². The fraction of sp³-hybridized carbons (Fsp3) is 0.310. The van der Waals surface area contributed by atoms with Gasteiger partial charge in [-0.2, -0.15) is 0 Å². The van der Waals surface area contributed by atoms with E-state index in [1.807, 2.05) is 44.2 Å². The molecule has 3 rings (SSSR count). The summed E-state index contributed by atoms with van der Waals surface area (Å²) in [7, 11) is -2.70. The molecule has 0 fully saturated rings. The molecule has 0 bridgehead atoms. The molecule has 10 heteroatoms. The lowest BCUT2D eigenvalue weighted by Gasteiger charge is -2.32. The van der Waals surface area contributed by atoms with Crippen molar-refractivity contribution in [1.82, 2.24) is 10.2 Å². The van der Waals surface area contributed by atoms with Crippen LogP contribution in [-0.4, -0.2) is 57.4 Å². The minimum Gasteiger partial charge on any atom is -0.497 e. The molecule has 0 heterocycles. The molecule has 3 aromatic carbocycles. The van der Waals surface area contributed by atoms with Gasteiger partial charge in [0, 0.05) is 17.6 Å². The zero-order valence-corrected chi connectivity index (χ0v) is 24.1. The summed E-state index contributed by atoms with van der Waals surface area (Å²) in [5, 5.41) is 3.16. The normalized spacial score (nSPS) is 12.1. The summed E-state index contributed by atoms with van der Waals surface area (Å²) in [5.41, 5.74) is 1.22. The van der Waals surface area contributed by atoms with Gasteiger partial charge in [-0.05, 0) is 75.2 Å². The summed E-state index contributed by atoms with van der Waals surface area (Å²) in [6.07, 6.45) is 0.494. The molecule has 1 unspecified atom stereocenters. The maximum atomic E-state index is 13.8. The Bertz CT molecular complexity index is 1370. The van der Waals surface area contributed by atoms with Gasteiger partial charge in [0.1, 0.15) is 18.3 Å². The van der Waals surface area contributed by atoms with Crippen molar-refractivity contribution in [2.75, 3.05) is 24.5 Å². The van der Waals surface area contributed by atoms with E-state index >= 15 is 0 Å². The van der Waals surface area contributed by atoms with Crippen molar-refractivity contribution in [3.05, 3.63) is 89.4 Å². The summed E-state index contributed by atoms with van der Waals surface area (Å²) in [6, 6.07) is 20.8. The van der Waals surface area contributed by atoms with Crippen molar-refractivity contribution in [3.63, 3.8) is 0 Å². The average Bonchev–Trinajstić information content (AvgIpc) is 2.91. The maximum absolute atomic E-state index is 13.8. The lowest BCUT2D eigenvalue weighted by atomic mass is 10.1. The summed E-state index contributed by atoms with van der Waals surface area (Å²) in [5.74, 6) is -0.343. The smallest absolute Gasteiger partial charge is 0.264 e. The Morgan fingerprint density at radius 2 is 1.62 bits per heavy atom. The number of hydrogen-bond acceptors (Lipinski definition) is 5. The second kappa shape index (κ2) is 13.5. The zero-order valence-electron chi connectivity index (χ0n) is 22.5. The van der Waals surface area contributed by atoms with Gasteiger partial charge in [-0.3, -0.25) is 13.9 Å². The molecule has 1 N–H and O–H groups in total. The van der Waals surface area contributed by atoms with Gasteiger partial charge in [0.15, 0.2) is 0 Å². The molecule has 0 aromatic heterocycles. The fourth-order valence-electron chi connectivity index (χ4n) is 4.01. The van der Waals surface area contributed by atoms with Crippen LogP contribution in [0.25, 0.3) is 0 Å². The third kappa shape index (κ3) is 7.97. The van der Waals surface area contributed by atoms with E-state index in [2.05, 4.69) is 5.32 Å². The summed E-state index contributed by atoms with van der Waals surface area (Å²) >= 11 is 6.20. The van der Waals surface area contributed by atoms with Crippen LogP contribution in [0.2, 0.25) is 5.02 Å². The lowest BCUT2D eigenvalue weighted by molar-refractivity contribution is -0.139. The Hall–Kier alpha value is -3.56. The number of nitrogens with zero attached hydrogens (tertiary/aromatic N) is 2. The van der Waals surface area contributed by atoms with Crippen LogP contribution in [0.3, 0.4) is 0 Å². The number of carbonyl (C=O) groups is 2. The molecule has 2 amide bonds. The van der Waals surface area contributed by atoms with E-state index in [9.17, 15) is 18.0 Å². The number of nitrogens with one attached hydrogen (secondary N) is 1. The van der Waals surface area contributed by atoms with Gasteiger partial charge in [-0.25, -0.2) is 8.42 Å². The van der Waals surface area contributed by atoms with E-state index in [1.54, 1.807) is 25.1 Å². The van der Waals surface area contributed by atoms with E-state index in [0.717, 1.165) is 9.87 Å². The maximum Gasteiger partial charge on any atom is 0.264 e. The molecule has 0 saturated heterocycles. The molecule has 208 valence electrons. The van der Waals surface area contributed by atoms with Crippen LogP contribution in [0.15, 0.2) is 83.8 Å². The third-order valence-electron chi connectivity index (χ3n) is 6.10. The molecular weight excluding hydrogens is 538 g/mol. The molecule has 39 heavy (non-hydrogen) atoms. The molecule has 0 aliphatic carbocycles. The van der Waals surface area contributed by atoms with Crippen LogP contribution >= 0.6 is 11.6 Å². The van der Waals surface area contributed by atoms with Crippen LogP contribution in [0.5, 0.6) is 5.75 Å². The van der Waals surface area contributed by atoms with Crippen molar-refractivity contribution >= 4 is 39.1 Å². The van der Waals surface area contributed by atoms with E-state index in [-0.39, 0.29) is 29.1 Å². The average molecular weight is 572 g/mol. The number of anilines is 1. The molecule has 0 spiro atoms. The second-order valence-corrected chi connectivity index (χ2v) is 11.6. The highest BCUT2D eigenvalue weighted by atomic mass is 35.5. The molecular formula is C29H34ClN3O5S. The standard InChI is InChI=1S/C29H34ClN3O5S/c1-21(2)31-29(35)22(3)32(18-17-23-9-6-5-7-10-23)28(34)20-33(25-12-8-11-24(30)19-25)39(36,37)27-15-13-26(38-4)14-16-27/h5-16,19,21-22H,17-18,20H2,1-4H3,(H,31,35). The summed E-state index contributed by atoms with van der Waals surface area (Å²) in [6.45, 7) is 5.01. The SMILES string of the molecule is COc1ccc(S(=O)(=O)N(CC(=O)N(CCc2ccccc2)C(C)C(=O)NC(C)C)c2cccc(Cl)c2)cc1. The van der Waals surface area contributed by atoms with E-state index in [0.29, 0.717) is 17.2 Å². The monoisotopic (exact) mass is 571 g/mol. The number of hydrogen-bond donors (Lipinski definition) is 1. The highest BCUT2D eigenvalue weighted by molar-refractivity contribution is 7.92. The highest BCUT2D eigenvalue weighted by Gasteiger charge is 2.32. The van der Waals surface area contributed by atoms with Gasteiger partial charge in [0.2, 0.25) is 11.8 Å². The van der Waals surface area contributed by atoms with Crippen molar-refractivity contribution in [3.8, 4) is 5.75 Å². The highest BCUT2D eigenvalue weighted by Crippen LogP contribution is 2.27. The first-order chi connectivity index (χ1) is 18.5. The quantitative estimate of drug-likeness (QED) is 0.345. The molecule has 1 atom stereocenters. The van der Waals surface area contributed by atoms with Gasteiger partial charge in [-0.15, -0.1) is 0 Å². The number of rotatable bonds is 12. The Labute approximate surface area is 235 Å². The topological polar surface area (TPSA) is 96.0 Å². The Kier molecular flexibility index (Phi) is 10.4. The molecule has 0 saturated carbocycles. The number of methoxy groups -OCH3 is 1. The number of halogens is 1. The molecule has 3 aromatic rings. The second-order valence-electron chi connectivity index (χ2n) is 9.33. The first-order valence-electron chi connectivity index (χ1n) is 12.6. The largest absolute Gasteiger partial charge is 0.497 e. The number of carbonyl (C=O) groups excluding carboxylic acids is 2. The van der Waals surface area contributed by atoms with Gasteiger partial charge in [0.25, 0.3) is 10.0 Å². The van der Waals surface area contributed by atoms with Gasteiger partial charge < -0.3 is 15.0 Å². The number of ether oxygens (including phenoxy) is 1. The molecule has 0 aliphatic rings. The number of sulfonamides is 1.